The number of rotatable bonds is 2. The van der Waals surface area contributed by atoms with E-state index >= 15 is 0 Å². The lowest BCUT2D eigenvalue weighted by atomic mass is 10.3. The van der Waals surface area contributed by atoms with E-state index in [0.29, 0.717) is 0 Å². The van der Waals surface area contributed by atoms with Crippen molar-refractivity contribution in [3.05, 3.63) is 49.1 Å². The van der Waals surface area contributed by atoms with Crippen molar-refractivity contribution < 1.29 is 8.96 Å². The summed E-state index contributed by atoms with van der Waals surface area (Å²) in [5, 5.41) is 0. The Kier molecular flexibility index (Phi) is 2.08. The molecule has 2 nitrogen and oxygen atoms in total. The predicted octanol–water partition coefficient (Wildman–Crippen LogP) is 1.69. The number of imidazole rings is 1. The molecule has 0 saturated carbocycles. The summed E-state index contributed by atoms with van der Waals surface area (Å²) < 4.78 is 15.6. The minimum atomic E-state index is -0.486. The van der Waals surface area contributed by atoms with Gasteiger partial charge in [-0.1, -0.05) is 18.2 Å². The van der Waals surface area contributed by atoms with Crippen molar-refractivity contribution in [2.24, 2.45) is 0 Å². The van der Waals surface area contributed by atoms with Gasteiger partial charge in [0, 0.05) is 0 Å². The van der Waals surface area contributed by atoms with Gasteiger partial charge in [-0.15, -0.1) is 0 Å². The van der Waals surface area contributed by atoms with Gasteiger partial charge in [0.1, 0.15) is 18.1 Å². The molecule has 3 heteroatoms. The van der Waals surface area contributed by atoms with E-state index in [1.165, 1.54) is 4.57 Å². The van der Waals surface area contributed by atoms with Gasteiger partial charge in [-0.05, 0) is 12.1 Å². The minimum Gasteiger partial charge on any atom is -0.208 e. The van der Waals surface area contributed by atoms with Crippen LogP contribution in [0.4, 0.5) is 4.39 Å². The molecule has 2 rings (SSSR count). The Morgan fingerprint density at radius 2 is 2.00 bits per heavy atom. The average molecular weight is 177 g/mol. The van der Waals surface area contributed by atoms with Crippen LogP contribution < -0.4 is 4.57 Å². The van der Waals surface area contributed by atoms with Crippen molar-refractivity contribution in [3.63, 3.8) is 0 Å². The van der Waals surface area contributed by atoms with E-state index in [0.717, 1.165) is 5.69 Å². The Balaban J connectivity index is 2.36. The van der Waals surface area contributed by atoms with E-state index in [2.05, 4.69) is 0 Å². The maximum atomic E-state index is 12.2. The van der Waals surface area contributed by atoms with Gasteiger partial charge in [0.05, 0.1) is 0 Å². The lowest BCUT2D eigenvalue weighted by Gasteiger charge is -1.92. The van der Waals surface area contributed by atoms with Gasteiger partial charge in [-0.2, -0.15) is 0 Å². The fourth-order valence-corrected chi connectivity index (χ4v) is 1.22. The van der Waals surface area contributed by atoms with Crippen LogP contribution in [0.25, 0.3) is 5.69 Å². The van der Waals surface area contributed by atoms with Crippen molar-refractivity contribution in [3.8, 4) is 5.69 Å². The molecule has 0 amide bonds. The largest absolute Gasteiger partial charge is 0.251 e. The van der Waals surface area contributed by atoms with E-state index in [-0.39, 0.29) is 0 Å². The quantitative estimate of drug-likeness (QED) is 0.617. The van der Waals surface area contributed by atoms with Crippen LogP contribution in [0, 0.1) is 0 Å². The van der Waals surface area contributed by atoms with Crippen molar-refractivity contribution in [1.82, 2.24) is 4.57 Å². The molecule has 0 atom stereocenters. The summed E-state index contributed by atoms with van der Waals surface area (Å²) in [5.41, 5.74) is 1.04. The molecule has 0 spiro atoms. The second kappa shape index (κ2) is 3.39. The van der Waals surface area contributed by atoms with E-state index < -0.39 is 6.80 Å². The summed E-state index contributed by atoms with van der Waals surface area (Å²) in [5.74, 6) is 0. The monoisotopic (exact) mass is 177 g/mol. The number of hydrogen-bond donors (Lipinski definition) is 0. The molecule has 0 aliphatic carbocycles. The highest BCUT2D eigenvalue weighted by molar-refractivity contribution is 5.30. The van der Waals surface area contributed by atoms with Crippen LogP contribution in [0.5, 0.6) is 0 Å². The summed E-state index contributed by atoms with van der Waals surface area (Å²) in [6.45, 7) is -0.486. The fraction of sp³-hybridized carbons (Fsp3) is 0.100. The Hall–Kier alpha value is -1.64. The van der Waals surface area contributed by atoms with Crippen molar-refractivity contribution >= 4 is 0 Å². The van der Waals surface area contributed by atoms with E-state index in [9.17, 15) is 4.39 Å². The number of aromatic nitrogens is 2. The SMILES string of the molecule is FC[n+]1ccn(-c2ccccc2)c1. The van der Waals surface area contributed by atoms with E-state index in [1.807, 2.05) is 41.1 Å². The van der Waals surface area contributed by atoms with Gasteiger partial charge in [0.25, 0.3) is 6.33 Å². The highest BCUT2D eigenvalue weighted by atomic mass is 19.1. The van der Waals surface area contributed by atoms with Crippen LogP contribution >= 0.6 is 0 Å². The molecule has 66 valence electrons. The molecule has 0 radical (unpaired) electrons. The average Bonchev–Trinajstić information content (AvgIpc) is 2.67. The van der Waals surface area contributed by atoms with Gasteiger partial charge in [0.15, 0.2) is 0 Å². The molecule has 0 aliphatic heterocycles. The second-order valence-electron chi connectivity index (χ2n) is 2.79. The zero-order valence-electron chi connectivity index (χ0n) is 7.10. The third-order valence-electron chi connectivity index (χ3n) is 1.88. The zero-order valence-corrected chi connectivity index (χ0v) is 7.10. The molecule has 1 heterocycles. The Bertz CT molecular complexity index is 381. The summed E-state index contributed by atoms with van der Waals surface area (Å²) in [4.78, 5) is 0. The van der Waals surface area contributed by atoms with Crippen molar-refractivity contribution in [2.75, 3.05) is 0 Å². The molecule has 2 aromatic rings. The Morgan fingerprint density at radius 3 is 2.62 bits per heavy atom. The molecule has 0 saturated heterocycles. The Labute approximate surface area is 75.9 Å². The maximum absolute atomic E-state index is 12.2. The first-order valence-electron chi connectivity index (χ1n) is 4.08. The summed E-state index contributed by atoms with van der Waals surface area (Å²) >= 11 is 0. The number of nitrogens with zero attached hydrogens (tertiary/aromatic N) is 2. The third-order valence-corrected chi connectivity index (χ3v) is 1.88. The zero-order chi connectivity index (χ0) is 9.10. The lowest BCUT2D eigenvalue weighted by Crippen LogP contribution is -2.27. The van der Waals surface area contributed by atoms with Gasteiger partial charge in [-0.25, -0.2) is 13.5 Å². The summed E-state index contributed by atoms with van der Waals surface area (Å²) in [6.07, 6.45) is 5.25. The van der Waals surface area contributed by atoms with Crippen LogP contribution in [0.2, 0.25) is 0 Å². The predicted molar refractivity (Wildman–Crippen MR) is 47.1 cm³/mol. The lowest BCUT2D eigenvalue weighted by molar-refractivity contribution is -0.717. The van der Waals surface area contributed by atoms with Gasteiger partial charge in [0.2, 0.25) is 6.80 Å². The number of hydrogen-bond acceptors (Lipinski definition) is 0. The van der Waals surface area contributed by atoms with Crippen LogP contribution in [-0.2, 0) is 6.80 Å². The molecule has 13 heavy (non-hydrogen) atoms. The summed E-state index contributed by atoms with van der Waals surface area (Å²) in [7, 11) is 0. The number of alkyl halides is 1. The molecule has 0 N–H and O–H groups in total. The van der Waals surface area contributed by atoms with Gasteiger partial charge >= 0.3 is 0 Å². The first-order chi connectivity index (χ1) is 6.40. The Morgan fingerprint density at radius 1 is 1.23 bits per heavy atom. The first-order valence-corrected chi connectivity index (χ1v) is 4.08. The number of benzene rings is 1. The smallest absolute Gasteiger partial charge is 0.208 e. The molecule has 0 bridgehead atoms. The number of para-hydroxylation sites is 1. The highest BCUT2D eigenvalue weighted by Gasteiger charge is 2.03. The standard InChI is InChI=1S/C10H10FN2/c11-8-12-6-7-13(9-12)10-4-2-1-3-5-10/h1-7,9H,8H2/q+1. The van der Waals surface area contributed by atoms with Crippen LogP contribution in [0.3, 0.4) is 0 Å². The van der Waals surface area contributed by atoms with Crippen molar-refractivity contribution in [1.29, 1.82) is 0 Å². The normalized spacial score (nSPS) is 10.2. The maximum Gasteiger partial charge on any atom is 0.251 e. The molecule has 0 unspecified atom stereocenters. The topological polar surface area (TPSA) is 8.81 Å². The molecule has 0 aliphatic rings. The van der Waals surface area contributed by atoms with Crippen molar-refractivity contribution in [2.45, 2.75) is 6.80 Å². The molecule has 1 aromatic heterocycles. The molecular formula is C10H10FN2+. The molecular weight excluding hydrogens is 167 g/mol. The molecule has 1 aromatic carbocycles. The van der Waals surface area contributed by atoms with E-state index in [1.54, 1.807) is 12.5 Å². The van der Waals surface area contributed by atoms with E-state index in [4.69, 9.17) is 0 Å². The van der Waals surface area contributed by atoms with Crippen LogP contribution in [0.1, 0.15) is 0 Å². The first kappa shape index (κ1) is 7.98. The number of halogens is 1. The van der Waals surface area contributed by atoms with Gasteiger partial charge < -0.3 is 0 Å². The minimum absolute atomic E-state index is 0.486. The van der Waals surface area contributed by atoms with Crippen LogP contribution in [-0.4, -0.2) is 4.57 Å². The van der Waals surface area contributed by atoms with Gasteiger partial charge in [-0.3, -0.25) is 0 Å². The molecule has 0 fully saturated rings. The second-order valence-corrected chi connectivity index (χ2v) is 2.79. The van der Waals surface area contributed by atoms with Crippen LogP contribution in [0.15, 0.2) is 49.1 Å². The fourth-order valence-electron chi connectivity index (χ4n) is 1.22. The summed E-state index contributed by atoms with van der Waals surface area (Å²) in [6, 6.07) is 9.81. The third kappa shape index (κ3) is 1.59. The highest BCUT2D eigenvalue weighted by Crippen LogP contribution is 2.04.